The third kappa shape index (κ3) is 20.0. The third-order valence-corrected chi connectivity index (χ3v) is 5.37. The van der Waals surface area contributed by atoms with Crippen LogP contribution in [0.5, 0.6) is 5.75 Å². The first kappa shape index (κ1) is 34.4. The molecule has 218 valence electrons. The molecule has 39 heavy (non-hydrogen) atoms. The van der Waals surface area contributed by atoms with Crippen LogP contribution in [0.25, 0.3) is 0 Å². The lowest BCUT2D eigenvalue weighted by Gasteiger charge is -2.16. The molecule has 0 spiro atoms. The van der Waals surface area contributed by atoms with Crippen LogP contribution in [0.4, 0.5) is 5.69 Å². The summed E-state index contributed by atoms with van der Waals surface area (Å²) < 4.78 is 27.5. The molecule has 0 unspecified atom stereocenters. The third-order valence-electron chi connectivity index (χ3n) is 4.73. The van der Waals surface area contributed by atoms with E-state index in [9.17, 15) is 9.59 Å². The Morgan fingerprint density at radius 1 is 1.05 bits per heavy atom. The highest BCUT2D eigenvalue weighted by molar-refractivity contribution is 8.04. The number of amides is 2. The molecular formula is C27H42N4O7S. The number of likely N-dealkylation sites (N-methyl/N-ethyl adjacent to an activating group) is 1. The predicted molar refractivity (Wildman–Crippen MR) is 151 cm³/mol. The zero-order valence-corrected chi connectivity index (χ0v) is 23.9. The molecule has 0 fully saturated rings. The first-order valence-corrected chi connectivity index (χ1v) is 13.8. The maximum Gasteiger partial charge on any atom is 0.246 e. The van der Waals surface area contributed by atoms with Crippen LogP contribution in [0.3, 0.4) is 0 Å². The van der Waals surface area contributed by atoms with Crippen LogP contribution in [-0.2, 0) is 28.5 Å². The second-order valence-corrected chi connectivity index (χ2v) is 9.45. The predicted octanol–water partition coefficient (Wildman–Crippen LogP) is 2.55. The fourth-order valence-electron chi connectivity index (χ4n) is 2.85. The van der Waals surface area contributed by atoms with Crippen molar-refractivity contribution < 1.29 is 33.3 Å². The maximum atomic E-state index is 12.2. The summed E-state index contributed by atoms with van der Waals surface area (Å²) in [4.78, 5) is 23.9. The minimum atomic E-state index is -0.550. The molecule has 0 heterocycles. The normalized spacial score (nSPS) is 11.9. The molecule has 11 nitrogen and oxygen atoms in total. The molecule has 1 atom stereocenters. The van der Waals surface area contributed by atoms with Gasteiger partial charge in [0.25, 0.3) is 0 Å². The van der Waals surface area contributed by atoms with E-state index in [1.807, 2.05) is 24.6 Å². The summed E-state index contributed by atoms with van der Waals surface area (Å²) in [5.74, 6) is 0.572. The average Bonchev–Trinajstić information content (AvgIpc) is 2.91. The van der Waals surface area contributed by atoms with E-state index in [0.29, 0.717) is 50.3 Å². The van der Waals surface area contributed by atoms with Crippen molar-refractivity contribution in [1.82, 2.24) is 10.6 Å². The molecule has 0 saturated carbocycles. The number of nitrogens with one attached hydrogen (secondary N) is 3. The number of ether oxygens (including phenoxy) is 5. The van der Waals surface area contributed by atoms with Gasteiger partial charge in [-0.05, 0) is 36.9 Å². The average molecular weight is 567 g/mol. The first-order valence-electron chi connectivity index (χ1n) is 12.9. The summed E-state index contributed by atoms with van der Waals surface area (Å²) in [6, 6.07) is 6.96. The fraction of sp³-hybridized carbons (Fsp3) is 0.593. The molecule has 1 aromatic carbocycles. The van der Waals surface area contributed by atoms with Crippen LogP contribution in [0.15, 0.2) is 36.4 Å². The number of carbonyl (C=O) groups is 2. The van der Waals surface area contributed by atoms with Gasteiger partial charge in [-0.1, -0.05) is 32.1 Å². The fourth-order valence-corrected chi connectivity index (χ4v) is 3.27. The second-order valence-electron chi connectivity index (χ2n) is 8.50. The van der Waals surface area contributed by atoms with E-state index in [1.54, 1.807) is 24.3 Å². The molecule has 12 heteroatoms. The van der Waals surface area contributed by atoms with E-state index in [1.165, 1.54) is 0 Å². The number of allylic oxidation sites excluding steroid dienone is 1. The van der Waals surface area contributed by atoms with Crippen LogP contribution in [-0.4, -0.2) is 90.2 Å². The van der Waals surface area contributed by atoms with Gasteiger partial charge in [-0.25, -0.2) is 0 Å². The molecular weight excluding hydrogens is 524 g/mol. The van der Waals surface area contributed by atoms with Crippen LogP contribution < -0.4 is 20.7 Å². The molecule has 0 radical (unpaired) electrons. The Balaban J connectivity index is 2.27. The monoisotopic (exact) mass is 566 g/mol. The van der Waals surface area contributed by atoms with Crippen molar-refractivity contribution in [1.29, 1.82) is 5.26 Å². The Bertz CT molecular complexity index is 880. The van der Waals surface area contributed by atoms with E-state index < -0.39 is 5.44 Å². The Hall–Kier alpha value is -2.66. The van der Waals surface area contributed by atoms with Gasteiger partial charge < -0.3 is 39.6 Å². The molecule has 3 N–H and O–H groups in total. The standard InChI is InChI=1S/C27H42N4O7S/c1-22(2)6-5-10-30-26(33)19-36-16-17-37-27(39-21-28)20-38-24-8-4-7-23(18-24)31-25(32)9-12-34-14-15-35-13-11-29-3/h4-8,18,22,27,29H,9-17,19-20H2,1-3H3,(H,30,33)(H,31,32)/b6-5+/t27-/m1/s1. The SMILES string of the molecule is CNCCOCCOCCC(=O)Nc1cccc(OC[C@H](OCCOCC(=O)NC/C=C/C(C)C)SC#N)c1. The summed E-state index contributed by atoms with van der Waals surface area (Å²) in [5, 5.41) is 19.6. The summed E-state index contributed by atoms with van der Waals surface area (Å²) in [5.41, 5.74) is 0.0379. The van der Waals surface area contributed by atoms with Crippen LogP contribution in [0, 0.1) is 16.6 Å². The lowest BCUT2D eigenvalue weighted by molar-refractivity contribution is -0.126. The number of hydrogen-bond acceptors (Lipinski definition) is 10. The number of thioether (sulfide) groups is 1. The number of carbonyl (C=O) groups excluding carboxylic acids is 2. The van der Waals surface area contributed by atoms with E-state index in [2.05, 4.69) is 29.8 Å². The van der Waals surface area contributed by atoms with Gasteiger partial charge in [0.15, 0.2) is 5.44 Å². The number of rotatable bonds is 23. The van der Waals surface area contributed by atoms with Gasteiger partial charge in [0.05, 0.1) is 46.1 Å². The van der Waals surface area contributed by atoms with E-state index in [0.717, 1.165) is 18.3 Å². The van der Waals surface area contributed by atoms with Gasteiger partial charge in [-0.3, -0.25) is 9.59 Å². The molecule has 0 aliphatic heterocycles. The zero-order chi connectivity index (χ0) is 28.6. The number of anilines is 1. The Morgan fingerprint density at radius 2 is 1.82 bits per heavy atom. The smallest absolute Gasteiger partial charge is 0.246 e. The van der Waals surface area contributed by atoms with Crippen molar-refractivity contribution in [2.45, 2.75) is 25.7 Å². The van der Waals surface area contributed by atoms with Gasteiger partial charge in [-0.2, -0.15) is 5.26 Å². The van der Waals surface area contributed by atoms with Gasteiger partial charge in [0, 0.05) is 24.8 Å². The molecule has 0 aliphatic carbocycles. The first-order chi connectivity index (χ1) is 18.9. The topological polar surface area (TPSA) is 140 Å². The van der Waals surface area contributed by atoms with Crippen molar-refractivity contribution in [2.75, 3.05) is 78.3 Å². The van der Waals surface area contributed by atoms with Crippen molar-refractivity contribution >= 4 is 29.3 Å². The van der Waals surface area contributed by atoms with Crippen molar-refractivity contribution in [3.8, 4) is 11.2 Å². The van der Waals surface area contributed by atoms with Crippen molar-refractivity contribution in [3.05, 3.63) is 36.4 Å². The number of benzene rings is 1. The largest absolute Gasteiger partial charge is 0.490 e. The second kappa shape index (κ2) is 23.2. The highest BCUT2D eigenvalue weighted by Gasteiger charge is 2.12. The van der Waals surface area contributed by atoms with Gasteiger partial charge >= 0.3 is 0 Å². The van der Waals surface area contributed by atoms with Crippen LogP contribution >= 0.6 is 11.8 Å². The highest BCUT2D eigenvalue weighted by Crippen LogP contribution is 2.20. The van der Waals surface area contributed by atoms with Gasteiger partial charge in [0.1, 0.15) is 24.4 Å². The highest BCUT2D eigenvalue weighted by atomic mass is 32.2. The summed E-state index contributed by atoms with van der Waals surface area (Å²) >= 11 is 0.929. The van der Waals surface area contributed by atoms with E-state index in [-0.39, 0.29) is 44.7 Å². The maximum absolute atomic E-state index is 12.2. The quantitative estimate of drug-likeness (QED) is 0.0783. The Morgan fingerprint density at radius 3 is 2.56 bits per heavy atom. The van der Waals surface area contributed by atoms with Crippen LogP contribution in [0.2, 0.25) is 0 Å². The Labute approximate surface area is 235 Å². The molecule has 0 bridgehead atoms. The lowest BCUT2D eigenvalue weighted by atomic mass is 10.2. The van der Waals surface area contributed by atoms with E-state index in [4.69, 9.17) is 28.9 Å². The lowest BCUT2D eigenvalue weighted by Crippen LogP contribution is -2.28. The summed E-state index contributed by atoms with van der Waals surface area (Å²) in [6.07, 6.45) is 4.13. The summed E-state index contributed by atoms with van der Waals surface area (Å²) in [7, 11) is 1.86. The number of nitrogens with zero attached hydrogens (tertiary/aromatic N) is 1. The molecule has 1 rings (SSSR count). The number of thiocyanates is 1. The van der Waals surface area contributed by atoms with Crippen LogP contribution in [0.1, 0.15) is 20.3 Å². The zero-order valence-electron chi connectivity index (χ0n) is 23.1. The minimum absolute atomic E-state index is 0.0680. The van der Waals surface area contributed by atoms with Crippen molar-refractivity contribution in [3.63, 3.8) is 0 Å². The van der Waals surface area contributed by atoms with Gasteiger partial charge in [0.2, 0.25) is 11.8 Å². The summed E-state index contributed by atoms with van der Waals surface area (Å²) in [6.45, 7) is 7.64. The van der Waals surface area contributed by atoms with Crippen molar-refractivity contribution in [2.24, 2.45) is 5.92 Å². The molecule has 1 aromatic rings. The number of nitriles is 1. The number of hydrogen-bond donors (Lipinski definition) is 3. The Kier molecular flexibility index (Phi) is 20.5. The van der Waals surface area contributed by atoms with Gasteiger partial charge in [-0.15, -0.1) is 0 Å². The molecule has 0 saturated heterocycles. The molecule has 2 amide bonds. The molecule has 0 aromatic heterocycles. The minimum Gasteiger partial charge on any atom is -0.490 e. The molecule has 0 aliphatic rings. The van der Waals surface area contributed by atoms with E-state index >= 15 is 0 Å².